The van der Waals surface area contributed by atoms with Gasteiger partial charge in [-0.25, -0.2) is 16.8 Å². The third-order valence-electron chi connectivity index (χ3n) is 9.83. The molecule has 24 heteroatoms. The van der Waals surface area contributed by atoms with Crippen LogP contribution in [0.3, 0.4) is 0 Å². The number of nitrogens with zero attached hydrogens (tertiary/aromatic N) is 6. The van der Waals surface area contributed by atoms with E-state index in [9.17, 15) is 46.2 Å². The van der Waals surface area contributed by atoms with Gasteiger partial charge < -0.3 is 20.8 Å². The standard InChI is InChI=1S/C42H42N12O10S2/c1-25-19-27(41(59)35(21-25)53-47-31-7-3-4-8-32(31)48-53)23-43-37(55)15-17-39(57)45-51-65(61,62)29-11-13-30(14-12-29)66(63,64)52-46-40(58)18-16-38(56)44-24-28-20-26(2)22-36(42(28)60)54-49-33-9-5-6-10-34(33)50-54/h3-14,19-22,51-52,59-60H,15-18,23-24H2,1-2H3,(H,43,55)(H,44,56)(H,45,57)(H,46,58). The first-order valence-electron chi connectivity index (χ1n) is 20.0. The Kier molecular flexibility index (Phi) is 13.7. The Morgan fingerprint density at radius 1 is 0.500 bits per heavy atom. The topological polar surface area (TPSA) is 311 Å². The summed E-state index contributed by atoms with van der Waals surface area (Å²) < 4.78 is 51.3. The molecule has 4 amide bonds. The van der Waals surface area contributed by atoms with Crippen molar-refractivity contribution in [2.24, 2.45) is 0 Å². The summed E-state index contributed by atoms with van der Waals surface area (Å²) in [4.78, 5) is 55.5. The van der Waals surface area contributed by atoms with E-state index in [2.05, 4.69) is 31.0 Å². The van der Waals surface area contributed by atoms with Crippen LogP contribution >= 0.6 is 0 Å². The van der Waals surface area contributed by atoms with Crippen LogP contribution in [-0.4, -0.2) is 80.7 Å². The van der Waals surface area contributed by atoms with Crippen molar-refractivity contribution in [3.63, 3.8) is 0 Å². The predicted octanol–water partition coefficient (Wildman–Crippen LogP) is 1.99. The van der Waals surface area contributed by atoms with Crippen LogP contribution in [0.1, 0.15) is 47.9 Å². The number of hydrazine groups is 2. The monoisotopic (exact) mass is 938 g/mol. The van der Waals surface area contributed by atoms with E-state index in [0.29, 0.717) is 44.6 Å². The molecule has 5 aromatic carbocycles. The normalized spacial score (nSPS) is 11.7. The molecule has 2 heterocycles. The number of amides is 4. The second-order valence-corrected chi connectivity index (χ2v) is 18.2. The maximum absolute atomic E-state index is 12.8. The lowest BCUT2D eigenvalue weighted by Crippen LogP contribution is -2.42. The summed E-state index contributed by atoms with van der Waals surface area (Å²) in [5.41, 5.74) is 9.40. The zero-order chi connectivity index (χ0) is 47.2. The van der Waals surface area contributed by atoms with E-state index in [-0.39, 0.29) is 37.4 Å². The maximum Gasteiger partial charge on any atom is 0.257 e. The third kappa shape index (κ3) is 11.1. The van der Waals surface area contributed by atoms with Gasteiger partial charge in [-0.15, -0.1) is 39.6 Å². The smallest absolute Gasteiger partial charge is 0.257 e. The molecule has 0 saturated carbocycles. The van der Waals surface area contributed by atoms with Crippen molar-refractivity contribution < 1.29 is 46.2 Å². The quantitative estimate of drug-likeness (QED) is 0.0571. The van der Waals surface area contributed by atoms with Gasteiger partial charge in [0.1, 0.15) is 44.9 Å². The Labute approximate surface area is 376 Å². The van der Waals surface area contributed by atoms with E-state index in [1.807, 2.05) is 44.8 Å². The molecular weight excluding hydrogens is 897 g/mol. The molecule has 8 N–H and O–H groups in total. The first kappa shape index (κ1) is 46.2. The van der Waals surface area contributed by atoms with Gasteiger partial charge in [0.15, 0.2) is 0 Å². The fourth-order valence-electron chi connectivity index (χ4n) is 6.48. The van der Waals surface area contributed by atoms with E-state index in [0.717, 1.165) is 35.4 Å². The molecule has 0 atom stereocenters. The van der Waals surface area contributed by atoms with Gasteiger partial charge in [0.25, 0.3) is 20.0 Å². The fraction of sp³-hybridized carbons (Fsp3) is 0.190. The number of nitrogens with one attached hydrogen (secondary N) is 6. The van der Waals surface area contributed by atoms with Gasteiger partial charge in [-0.3, -0.25) is 30.0 Å². The fourth-order valence-corrected chi connectivity index (χ4v) is 8.20. The van der Waals surface area contributed by atoms with Crippen molar-refractivity contribution in [1.29, 1.82) is 0 Å². The van der Waals surface area contributed by atoms with Gasteiger partial charge in [0.2, 0.25) is 23.6 Å². The molecule has 0 unspecified atom stereocenters. The molecule has 0 bridgehead atoms. The molecule has 0 aliphatic heterocycles. The SMILES string of the molecule is Cc1cc(CNC(=O)CCC(=O)NNS(=O)(=O)c2ccc(S(=O)(=O)NNC(=O)CCC(=O)NCc3cc(C)cc(-n4nc5ccccc5n4)c3O)cc2)c(O)c(-n2nc3ccccc3n2)c1. The number of fused-ring (bicyclic) bond motifs is 2. The summed E-state index contributed by atoms with van der Waals surface area (Å²) in [5, 5.41) is 44.7. The Balaban J connectivity index is 0.822. The van der Waals surface area contributed by atoms with E-state index < -0.39 is 66.3 Å². The summed E-state index contributed by atoms with van der Waals surface area (Å²) in [6, 6.07) is 24.9. The van der Waals surface area contributed by atoms with E-state index >= 15 is 0 Å². The molecule has 66 heavy (non-hydrogen) atoms. The van der Waals surface area contributed by atoms with Crippen molar-refractivity contribution >= 4 is 65.7 Å². The zero-order valence-corrected chi connectivity index (χ0v) is 36.8. The van der Waals surface area contributed by atoms with Crippen molar-refractivity contribution in [1.82, 2.24) is 61.1 Å². The highest BCUT2D eigenvalue weighted by Gasteiger charge is 2.21. The number of rotatable bonds is 18. The number of aromatic nitrogens is 6. The number of hydrogen-bond donors (Lipinski definition) is 8. The Morgan fingerprint density at radius 3 is 1.15 bits per heavy atom. The second-order valence-electron chi connectivity index (χ2n) is 14.9. The lowest BCUT2D eigenvalue weighted by molar-refractivity contribution is -0.126. The highest BCUT2D eigenvalue weighted by Crippen LogP contribution is 2.29. The Morgan fingerprint density at radius 2 is 0.818 bits per heavy atom. The Hall–Kier alpha value is -7.80. The molecular formula is C42H42N12O10S2. The minimum Gasteiger partial charge on any atom is -0.505 e. The van der Waals surface area contributed by atoms with Gasteiger partial charge in [-0.05, 0) is 85.6 Å². The zero-order valence-electron chi connectivity index (χ0n) is 35.1. The van der Waals surface area contributed by atoms with Crippen LogP contribution in [0.5, 0.6) is 11.5 Å². The van der Waals surface area contributed by atoms with Crippen LogP contribution in [0.2, 0.25) is 0 Å². The van der Waals surface area contributed by atoms with Crippen LogP contribution in [0.4, 0.5) is 0 Å². The summed E-state index contributed by atoms with van der Waals surface area (Å²) in [7, 11) is -8.80. The summed E-state index contributed by atoms with van der Waals surface area (Å²) in [6.45, 7) is 3.43. The van der Waals surface area contributed by atoms with Gasteiger partial charge in [-0.2, -0.15) is 0 Å². The lowest BCUT2D eigenvalue weighted by Gasteiger charge is -2.12. The summed E-state index contributed by atoms with van der Waals surface area (Å²) >= 11 is 0. The molecule has 342 valence electrons. The van der Waals surface area contributed by atoms with Crippen molar-refractivity contribution in [2.45, 2.75) is 62.4 Å². The minimum atomic E-state index is -4.40. The number of phenolic OH excluding ortho intramolecular Hbond substituents is 2. The summed E-state index contributed by atoms with van der Waals surface area (Å²) in [5.74, 6) is -3.11. The van der Waals surface area contributed by atoms with Crippen LogP contribution in [0, 0.1) is 13.8 Å². The largest absolute Gasteiger partial charge is 0.505 e. The molecule has 0 aliphatic rings. The van der Waals surface area contributed by atoms with Gasteiger partial charge >= 0.3 is 0 Å². The van der Waals surface area contributed by atoms with Gasteiger partial charge in [0.05, 0.1) is 9.79 Å². The van der Waals surface area contributed by atoms with Gasteiger partial charge in [0, 0.05) is 49.9 Å². The first-order valence-corrected chi connectivity index (χ1v) is 23.0. The highest BCUT2D eigenvalue weighted by molar-refractivity contribution is 7.90. The average molecular weight is 939 g/mol. The number of hydrogen-bond acceptors (Lipinski definition) is 14. The first-order chi connectivity index (χ1) is 31.5. The van der Waals surface area contributed by atoms with Gasteiger partial charge in [-0.1, -0.05) is 36.4 Å². The van der Waals surface area contributed by atoms with Crippen molar-refractivity contribution in [3.8, 4) is 22.9 Å². The number of carbonyl (C=O) groups is 4. The third-order valence-corrected chi connectivity index (χ3v) is 12.4. The minimum absolute atomic E-state index is 0.0870. The molecule has 0 aliphatic carbocycles. The van der Waals surface area contributed by atoms with E-state index in [1.165, 1.54) is 9.59 Å². The number of sulfonamides is 2. The molecule has 7 aromatic rings. The lowest BCUT2D eigenvalue weighted by atomic mass is 10.1. The summed E-state index contributed by atoms with van der Waals surface area (Å²) in [6.07, 6.45) is -1.48. The molecule has 2 aromatic heterocycles. The second kappa shape index (κ2) is 19.5. The molecule has 0 saturated heterocycles. The van der Waals surface area contributed by atoms with E-state index in [4.69, 9.17) is 0 Å². The van der Waals surface area contributed by atoms with Crippen molar-refractivity contribution in [2.75, 3.05) is 0 Å². The van der Waals surface area contributed by atoms with Crippen LogP contribution < -0.4 is 31.1 Å². The van der Waals surface area contributed by atoms with Crippen LogP contribution in [0.15, 0.2) is 107 Å². The maximum atomic E-state index is 12.8. The number of phenols is 2. The van der Waals surface area contributed by atoms with Crippen molar-refractivity contribution in [3.05, 3.63) is 119 Å². The molecule has 0 fully saturated rings. The molecule has 7 rings (SSSR count). The number of aryl methyl sites for hydroxylation is 2. The molecule has 0 radical (unpaired) electrons. The van der Waals surface area contributed by atoms with E-state index in [1.54, 1.807) is 62.4 Å². The number of carbonyl (C=O) groups excluding carboxylic acids is 4. The molecule has 22 nitrogen and oxygen atoms in total. The van der Waals surface area contributed by atoms with Crippen LogP contribution in [0.25, 0.3) is 33.4 Å². The Bertz CT molecular complexity index is 2950. The number of aromatic hydroxyl groups is 2. The number of benzene rings is 5. The predicted molar refractivity (Wildman–Crippen MR) is 236 cm³/mol. The average Bonchev–Trinajstić information content (AvgIpc) is 3.94. The highest BCUT2D eigenvalue weighted by atomic mass is 32.2. The molecule has 0 spiro atoms. The van der Waals surface area contributed by atoms with Crippen LogP contribution in [-0.2, 0) is 52.3 Å².